The summed E-state index contributed by atoms with van der Waals surface area (Å²) < 4.78 is 5.57. The third kappa shape index (κ3) is 2.02. The van der Waals surface area contributed by atoms with Crippen LogP contribution in [-0.2, 0) is 4.79 Å². The van der Waals surface area contributed by atoms with Gasteiger partial charge < -0.3 is 9.64 Å². The summed E-state index contributed by atoms with van der Waals surface area (Å²) in [6.07, 6.45) is 6.49. The lowest BCUT2D eigenvalue weighted by Gasteiger charge is -2.43. The van der Waals surface area contributed by atoms with Crippen molar-refractivity contribution in [1.29, 1.82) is 0 Å². The molecule has 3 nitrogen and oxygen atoms in total. The Kier molecular flexibility index (Phi) is 3.15. The Morgan fingerprint density at radius 1 is 1.47 bits per heavy atom. The highest BCUT2D eigenvalue weighted by molar-refractivity contribution is 5.90. The van der Waals surface area contributed by atoms with Crippen molar-refractivity contribution in [2.24, 2.45) is 0 Å². The summed E-state index contributed by atoms with van der Waals surface area (Å²) in [5, 5.41) is 0. The molecule has 1 aromatic carbocycles. The van der Waals surface area contributed by atoms with Crippen LogP contribution in [0.25, 0.3) is 0 Å². The summed E-state index contributed by atoms with van der Waals surface area (Å²) in [5.41, 5.74) is 0. The zero-order valence-electron chi connectivity index (χ0n) is 9.37. The zero-order valence-corrected chi connectivity index (χ0v) is 9.37. The van der Waals surface area contributed by atoms with E-state index in [0.29, 0.717) is 12.3 Å². The Morgan fingerprint density at radius 3 is 2.76 bits per heavy atom. The lowest BCUT2D eigenvalue weighted by atomic mass is 9.98. The molecule has 3 heteroatoms. The minimum atomic E-state index is -0.567. The second kappa shape index (κ2) is 4.75. The maximum Gasteiger partial charge on any atom is 0.268 e. The van der Waals surface area contributed by atoms with Crippen LogP contribution in [-0.4, -0.2) is 29.5 Å². The maximum atomic E-state index is 11.8. The second-order valence-electron chi connectivity index (χ2n) is 3.74. The molecule has 0 aliphatic carbocycles. The van der Waals surface area contributed by atoms with Crippen molar-refractivity contribution >= 4 is 5.91 Å². The molecule has 0 N–H and O–H groups in total. The highest BCUT2D eigenvalue weighted by atomic mass is 16.5. The number of rotatable bonds is 4. The van der Waals surface area contributed by atoms with Crippen LogP contribution < -0.4 is 4.74 Å². The van der Waals surface area contributed by atoms with Gasteiger partial charge in [-0.1, -0.05) is 30.2 Å². The molecule has 1 aliphatic heterocycles. The Balaban J connectivity index is 2.06. The molecule has 1 saturated heterocycles. The number of carbonyl (C=O) groups is 1. The summed E-state index contributed by atoms with van der Waals surface area (Å²) in [6, 6.07) is 8.89. The average Bonchev–Trinajstić information content (AvgIpc) is 2.38. The van der Waals surface area contributed by atoms with Gasteiger partial charge in [0.15, 0.2) is 0 Å². The molecular weight excluding hydrogens is 214 g/mol. The van der Waals surface area contributed by atoms with E-state index in [9.17, 15) is 4.79 Å². The molecule has 0 bridgehead atoms. The fraction of sp³-hybridized carbons (Fsp3) is 0.214. The summed E-state index contributed by atoms with van der Waals surface area (Å²) in [6.45, 7) is 4.05. The predicted molar refractivity (Wildman–Crippen MR) is 65.4 cm³/mol. The number of amides is 1. The number of nitrogens with zero attached hydrogens (tertiary/aromatic N) is 1. The van der Waals surface area contributed by atoms with Gasteiger partial charge in [0.25, 0.3) is 5.91 Å². The maximum absolute atomic E-state index is 11.8. The van der Waals surface area contributed by atoms with Crippen LogP contribution in [0.5, 0.6) is 5.75 Å². The first kappa shape index (κ1) is 11.3. The van der Waals surface area contributed by atoms with Crippen molar-refractivity contribution in [3.63, 3.8) is 0 Å². The van der Waals surface area contributed by atoms with Crippen molar-refractivity contribution in [1.82, 2.24) is 4.90 Å². The van der Waals surface area contributed by atoms with Crippen molar-refractivity contribution in [2.45, 2.75) is 12.1 Å². The summed E-state index contributed by atoms with van der Waals surface area (Å²) >= 11 is 0. The van der Waals surface area contributed by atoms with E-state index in [2.05, 4.69) is 12.5 Å². The molecule has 1 fully saturated rings. The predicted octanol–water partition coefficient (Wildman–Crippen LogP) is 1.46. The van der Waals surface area contributed by atoms with Gasteiger partial charge in [-0.3, -0.25) is 4.79 Å². The van der Waals surface area contributed by atoms with Crippen LogP contribution >= 0.6 is 0 Å². The first-order valence-corrected chi connectivity index (χ1v) is 5.37. The topological polar surface area (TPSA) is 29.5 Å². The Morgan fingerprint density at radius 2 is 2.18 bits per heavy atom. The van der Waals surface area contributed by atoms with Crippen molar-refractivity contribution in [3.05, 3.63) is 43.0 Å². The van der Waals surface area contributed by atoms with Gasteiger partial charge in [-0.15, -0.1) is 13.0 Å². The van der Waals surface area contributed by atoms with Crippen LogP contribution in [0, 0.1) is 12.3 Å². The van der Waals surface area contributed by atoms with Crippen LogP contribution in [0.3, 0.4) is 0 Å². The van der Waals surface area contributed by atoms with Crippen molar-refractivity contribution in [3.8, 4) is 18.1 Å². The molecule has 1 aromatic rings. The van der Waals surface area contributed by atoms with Crippen LogP contribution in [0.2, 0.25) is 0 Å². The Labute approximate surface area is 101 Å². The molecule has 1 heterocycles. The van der Waals surface area contributed by atoms with Gasteiger partial charge in [0.2, 0.25) is 6.10 Å². The van der Waals surface area contributed by atoms with E-state index in [4.69, 9.17) is 11.2 Å². The van der Waals surface area contributed by atoms with Gasteiger partial charge in [0.05, 0.1) is 0 Å². The SMILES string of the molecule is C#C[C@@H]1[C@H](Oc2ccccc2)C(=O)N1CC=C. The largest absolute Gasteiger partial charge is 0.477 e. The smallest absolute Gasteiger partial charge is 0.268 e. The van der Waals surface area contributed by atoms with Gasteiger partial charge in [0, 0.05) is 6.54 Å². The molecule has 86 valence electrons. The molecule has 0 saturated carbocycles. The van der Waals surface area contributed by atoms with Crippen LogP contribution in [0.4, 0.5) is 0 Å². The molecule has 2 atom stereocenters. The zero-order chi connectivity index (χ0) is 12.3. The van der Waals surface area contributed by atoms with Gasteiger partial charge in [-0.2, -0.15) is 0 Å². The van der Waals surface area contributed by atoms with Gasteiger partial charge >= 0.3 is 0 Å². The number of carbonyl (C=O) groups excluding carboxylic acids is 1. The Bertz CT molecular complexity index is 461. The molecule has 2 rings (SSSR count). The first-order valence-electron chi connectivity index (χ1n) is 5.37. The summed E-state index contributed by atoms with van der Waals surface area (Å²) in [5.74, 6) is 3.14. The number of benzene rings is 1. The third-order valence-corrected chi connectivity index (χ3v) is 2.65. The normalized spacial score (nSPS) is 22.5. The fourth-order valence-electron chi connectivity index (χ4n) is 1.80. The molecule has 0 unspecified atom stereocenters. The number of hydrogen-bond acceptors (Lipinski definition) is 2. The Hall–Kier alpha value is -2.21. The van der Waals surface area contributed by atoms with E-state index >= 15 is 0 Å². The van der Waals surface area contributed by atoms with E-state index in [-0.39, 0.29) is 11.9 Å². The van der Waals surface area contributed by atoms with Gasteiger partial charge in [-0.05, 0) is 12.1 Å². The van der Waals surface area contributed by atoms with E-state index in [1.807, 2.05) is 18.2 Å². The van der Waals surface area contributed by atoms with E-state index in [0.717, 1.165) is 0 Å². The van der Waals surface area contributed by atoms with E-state index in [1.165, 1.54) is 0 Å². The van der Waals surface area contributed by atoms with Gasteiger partial charge in [-0.25, -0.2) is 0 Å². The fourth-order valence-corrected chi connectivity index (χ4v) is 1.80. The van der Waals surface area contributed by atoms with E-state index in [1.54, 1.807) is 23.1 Å². The lowest BCUT2D eigenvalue weighted by Crippen LogP contribution is -2.66. The molecule has 0 aromatic heterocycles. The molecular formula is C14H13NO2. The first-order chi connectivity index (χ1) is 8.27. The number of para-hydroxylation sites is 1. The number of ether oxygens (including phenoxy) is 1. The van der Waals surface area contributed by atoms with Gasteiger partial charge in [0.1, 0.15) is 11.8 Å². The van der Waals surface area contributed by atoms with Crippen LogP contribution in [0.1, 0.15) is 0 Å². The molecule has 1 aliphatic rings. The molecule has 0 spiro atoms. The second-order valence-corrected chi connectivity index (χ2v) is 3.74. The molecule has 1 amide bonds. The summed E-state index contributed by atoms with van der Waals surface area (Å²) in [4.78, 5) is 13.4. The number of likely N-dealkylation sites (tertiary alicyclic amines) is 1. The summed E-state index contributed by atoms with van der Waals surface area (Å²) in [7, 11) is 0. The van der Waals surface area contributed by atoms with Crippen molar-refractivity contribution < 1.29 is 9.53 Å². The minimum absolute atomic E-state index is 0.0864. The number of terminal acetylenes is 1. The standard InChI is InChI=1S/C14H13NO2/c1-3-10-15-12(4-2)13(14(15)16)17-11-8-6-5-7-9-11/h2-3,5-9,12-13H,1,10H2/t12-,13+/m1/s1. The van der Waals surface area contributed by atoms with Crippen LogP contribution in [0.15, 0.2) is 43.0 Å². The van der Waals surface area contributed by atoms with Crippen molar-refractivity contribution in [2.75, 3.05) is 6.54 Å². The average molecular weight is 227 g/mol. The lowest BCUT2D eigenvalue weighted by molar-refractivity contribution is -0.157. The monoisotopic (exact) mass is 227 g/mol. The minimum Gasteiger partial charge on any atom is -0.477 e. The molecule has 0 radical (unpaired) electrons. The quantitative estimate of drug-likeness (QED) is 0.443. The number of hydrogen-bond donors (Lipinski definition) is 0. The number of β-lactam (4-membered cyclic amide) rings is 1. The molecule has 17 heavy (non-hydrogen) atoms. The highest BCUT2D eigenvalue weighted by Crippen LogP contribution is 2.24. The highest BCUT2D eigenvalue weighted by Gasteiger charge is 2.47. The third-order valence-electron chi connectivity index (χ3n) is 2.65. The van der Waals surface area contributed by atoms with E-state index < -0.39 is 6.10 Å².